The lowest BCUT2D eigenvalue weighted by Gasteiger charge is -2.44. The molecule has 1 aliphatic carbocycles. The molecule has 1 aliphatic heterocycles. The number of benzene rings is 1. The first-order valence-corrected chi connectivity index (χ1v) is 13.8. The molecule has 3 atom stereocenters. The molecule has 1 aromatic rings. The Hall–Kier alpha value is -1.37. The molecular formula is C23H38N2O3Si. The Balaban J connectivity index is 1.71. The maximum Gasteiger partial charge on any atom is 0.224 e. The molecule has 0 spiro atoms. The summed E-state index contributed by atoms with van der Waals surface area (Å²) in [7, 11) is -1.77. The van der Waals surface area contributed by atoms with Crippen LogP contribution in [0.4, 0.5) is 5.69 Å². The molecule has 2 N–H and O–H groups in total. The second-order valence-corrected chi connectivity index (χ2v) is 15.1. The number of anilines is 1. The predicted octanol–water partition coefficient (Wildman–Crippen LogP) is 4.87. The summed E-state index contributed by atoms with van der Waals surface area (Å²) in [5, 5.41) is 0.190. The van der Waals surface area contributed by atoms with E-state index in [0.717, 1.165) is 17.0 Å². The molecular weight excluding hydrogens is 380 g/mol. The van der Waals surface area contributed by atoms with E-state index in [9.17, 15) is 4.79 Å². The van der Waals surface area contributed by atoms with Crippen LogP contribution in [-0.2, 0) is 9.22 Å². The Morgan fingerprint density at radius 2 is 1.90 bits per heavy atom. The van der Waals surface area contributed by atoms with E-state index in [2.05, 4.69) is 40.8 Å². The smallest absolute Gasteiger partial charge is 0.224 e. The van der Waals surface area contributed by atoms with Crippen molar-refractivity contribution >= 4 is 19.9 Å². The van der Waals surface area contributed by atoms with Crippen molar-refractivity contribution in [2.45, 2.75) is 77.7 Å². The van der Waals surface area contributed by atoms with Gasteiger partial charge < -0.3 is 19.8 Å². The summed E-state index contributed by atoms with van der Waals surface area (Å²) in [5.74, 6) is 1.70. The standard InChI is InChI=1S/C23H38N2O3Si/c1-15-21(24)19-14-18(27-12-13-28-29(6,7)23(3,4)5)10-11-20(19)25(16(2)26)22(15)17-8-9-17/h10-11,14-15,17,21-22H,8-9,12-13,24H2,1-7H3/t15-,21-,22-/m1/s1. The predicted molar refractivity (Wildman–Crippen MR) is 121 cm³/mol. The zero-order valence-electron chi connectivity index (χ0n) is 19.1. The van der Waals surface area contributed by atoms with E-state index in [-0.39, 0.29) is 28.9 Å². The van der Waals surface area contributed by atoms with Crippen LogP contribution in [0.5, 0.6) is 5.75 Å². The second kappa shape index (κ2) is 8.04. The number of hydrogen-bond donors (Lipinski definition) is 1. The minimum Gasteiger partial charge on any atom is -0.491 e. The number of hydrogen-bond acceptors (Lipinski definition) is 4. The lowest BCUT2D eigenvalue weighted by Crippen LogP contribution is -2.51. The van der Waals surface area contributed by atoms with Crippen LogP contribution in [0.25, 0.3) is 0 Å². The van der Waals surface area contributed by atoms with Crippen molar-refractivity contribution in [2.75, 3.05) is 18.1 Å². The molecule has 0 saturated heterocycles. The second-order valence-electron chi connectivity index (χ2n) is 10.3. The average Bonchev–Trinajstić information content (AvgIpc) is 3.45. The maximum atomic E-state index is 12.5. The molecule has 0 radical (unpaired) electrons. The van der Waals surface area contributed by atoms with E-state index < -0.39 is 8.32 Å². The lowest BCUT2D eigenvalue weighted by atomic mass is 9.80. The SMILES string of the molecule is CC(=O)N1c2ccc(OCCO[Si](C)(C)C(C)(C)C)cc2[C@H](N)[C@@H](C)[C@@H]1C1CC1. The fraction of sp³-hybridized carbons (Fsp3) is 0.696. The summed E-state index contributed by atoms with van der Waals surface area (Å²) in [5.41, 5.74) is 8.58. The number of ether oxygens (including phenoxy) is 1. The van der Waals surface area contributed by atoms with Gasteiger partial charge in [0.25, 0.3) is 0 Å². The molecule has 2 aliphatic rings. The van der Waals surface area contributed by atoms with Crippen LogP contribution in [0.15, 0.2) is 18.2 Å². The number of rotatable bonds is 6. The van der Waals surface area contributed by atoms with Gasteiger partial charge in [-0.25, -0.2) is 0 Å². The molecule has 1 amide bonds. The van der Waals surface area contributed by atoms with Gasteiger partial charge in [0.1, 0.15) is 12.4 Å². The van der Waals surface area contributed by atoms with Crippen LogP contribution in [-0.4, -0.2) is 33.5 Å². The highest BCUT2D eigenvalue weighted by Gasteiger charge is 2.46. The van der Waals surface area contributed by atoms with Crippen LogP contribution in [0, 0.1) is 11.8 Å². The highest BCUT2D eigenvalue weighted by atomic mass is 28.4. The van der Waals surface area contributed by atoms with Crippen LogP contribution in [0.2, 0.25) is 18.1 Å². The van der Waals surface area contributed by atoms with Gasteiger partial charge in [0.2, 0.25) is 5.91 Å². The zero-order valence-corrected chi connectivity index (χ0v) is 20.1. The summed E-state index contributed by atoms with van der Waals surface area (Å²) < 4.78 is 12.2. The van der Waals surface area contributed by atoms with E-state index in [1.54, 1.807) is 6.92 Å². The van der Waals surface area contributed by atoms with E-state index in [0.29, 0.717) is 19.1 Å². The molecule has 0 unspecified atom stereocenters. The van der Waals surface area contributed by atoms with Gasteiger partial charge in [-0.2, -0.15) is 0 Å². The fourth-order valence-corrected chi connectivity index (χ4v) is 5.16. The van der Waals surface area contributed by atoms with Crippen LogP contribution < -0.4 is 15.4 Å². The van der Waals surface area contributed by atoms with Crippen LogP contribution in [0.3, 0.4) is 0 Å². The largest absolute Gasteiger partial charge is 0.491 e. The average molecular weight is 419 g/mol. The van der Waals surface area contributed by atoms with Gasteiger partial charge in [-0.15, -0.1) is 0 Å². The number of fused-ring (bicyclic) bond motifs is 1. The van der Waals surface area contributed by atoms with Gasteiger partial charge in [-0.3, -0.25) is 4.79 Å². The molecule has 3 rings (SSSR count). The molecule has 1 aromatic carbocycles. The van der Waals surface area contributed by atoms with Crippen molar-refractivity contribution in [2.24, 2.45) is 17.6 Å². The van der Waals surface area contributed by atoms with Crippen molar-refractivity contribution in [3.8, 4) is 5.75 Å². The Morgan fingerprint density at radius 3 is 2.45 bits per heavy atom. The van der Waals surface area contributed by atoms with Gasteiger partial charge in [-0.05, 0) is 66.6 Å². The van der Waals surface area contributed by atoms with Crippen molar-refractivity contribution in [1.29, 1.82) is 0 Å². The Labute approximate surface area is 177 Å². The van der Waals surface area contributed by atoms with Gasteiger partial charge in [-0.1, -0.05) is 27.7 Å². The molecule has 0 aromatic heterocycles. The van der Waals surface area contributed by atoms with E-state index in [1.165, 1.54) is 12.8 Å². The normalized spacial score (nSPS) is 25.0. The summed E-state index contributed by atoms with van der Waals surface area (Å²) in [6.45, 7) is 16.1. The Morgan fingerprint density at radius 1 is 1.24 bits per heavy atom. The number of carbonyl (C=O) groups excluding carboxylic acids is 1. The lowest BCUT2D eigenvalue weighted by molar-refractivity contribution is -0.117. The monoisotopic (exact) mass is 418 g/mol. The van der Waals surface area contributed by atoms with Crippen molar-refractivity contribution < 1.29 is 14.0 Å². The maximum absolute atomic E-state index is 12.5. The fourth-order valence-electron chi connectivity index (χ4n) is 4.13. The Bertz CT molecular complexity index is 755. The molecule has 162 valence electrons. The third-order valence-electron chi connectivity index (χ3n) is 7.09. The van der Waals surface area contributed by atoms with Crippen molar-refractivity contribution in [1.82, 2.24) is 0 Å². The quantitative estimate of drug-likeness (QED) is 0.529. The number of nitrogens with two attached hydrogens (primary N) is 1. The van der Waals surface area contributed by atoms with Crippen LogP contribution in [0.1, 0.15) is 59.1 Å². The van der Waals surface area contributed by atoms with Gasteiger partial charge in [0, 0.05) is 24.7 Å². The first kappa shape index (κ1) is 22.3. The van der Waals surface area contributed by atoms with Crippen molar-refractivity contribution in [3.63, 3.8) is 0 Å². The third kappa shape index (κ3) is 4.54. The molecule has 1 saturated carbocycles. The summed E-state index contributed by atoms with van der Waals surface area (Å²) in [6, 6.07) is 6.09. The first-order chi connectivity index (χ1) is 13.4. The van der Waals surface area contributed by atoms with Gasteiger partial charge in [0.15, 0.2) is 8.32 Å². The molecule has 6 heteroatoms. The first-order valence-electron chi connectivity index (χ1n) is 10.9. The summed E-state index contributed by atoms with van der Waals surface area (Å²) >= 11 is 0. The minimum atomic E-state index is -1.77. The highest BCUT2D eigenvalue weighted by Crippen LogP contribution is 2.49. The molecule has 0 bridgehead atoms. The summed E-state index contributed by atoms with van der Waals surface area (Å²) in [4.78, 5) is 14.4. The van der Waals surface area contributed by atoms with Crippen molar-refractivity contribution in [3.05, 3.63) is 23.8 Å². The van der Waals surface area contributed by atoms with E-state index >= 15 is 0 Å². The van der Waals surface area contributed by atoms with E-state index in [4.69, 9.17) is 14.9 Å². The molecule has 1 heterocycles. The highest BCUT2D eigenvalue weighted by molar-refractivity contribution is 6.74. The van der Waals surface area contributed by atoms with E-state index in [1.807, 2.05) is 23.1 Å². The minimum absolute atomic E-state index is 0.0850. The Kier molecular flexibility index (Phi) is 6.19. The molecule has 29 heavy (non-hydrogen) atoms. The molecule has 5 nitrogen and oxygen atoms in total. The topological polar surface area (TPSA) is 64.8 Å². The number of amides is 1. The zero-order chi connectivity index (χ0) is 21.6. The van der Waals surface area contributed by atoms with Gasteiger partial charge >= 0.3 is 0 Å². The number of nitrogens with zero attached hydrogens (tertiary/aromatic N) is 1. The number of carbonyl (C=O) groups is 1. The molecule has 1 fully saturated rings. The third-order valence-corrected chi connectivity index (χ3v) is 11.6. The van der Waals surface area contributed by atoms with Crippen LogP contribution >= 0.6 is 0 Å². The van der Waals surface area contributed by atoms with Gasteiger partial charge in [0.05, 0.1) is 6.61 Å². The summed E-state index contributed by atoms with van der Waals surface area (Å²) in [6.07, 6.45) is 2.38.